The number of benzene rings is 1. The van der Waals surface area contributed by atoms with Crippen molar-refractivity contribution in [3.8, 4) is 6.07 Å². The van der Waals surface area contributed by atoms with Crippen LogP contribution in [0.25, 0.3) is 6.08 Å². The maximum absolute atomic E-state index is 12.4. The number of ether oxygens (including phenoxy) is 3. The quantitative estimate of drug-likeness (QED) is 0.157. The highest BCUT2D eigenvalue weighted by Crippen LogP contribution is 2.33. The Morgan fingerprint density at radius 2 is 1.79 bits per heavy atom. The number of carbonyl (C=O) groups is 1. The van der Waals surface area contributed by atoms with Gasteiger partial charge < -0.3 is 44.8 Å². The highest BCUT2D eigenvalue weighted by Gasteiger charge is 2.48. The third-order valence-electron chi connectivity index (χ3n) is 5.69. The average molecular weight is 477 g/mol. The molecule has 6 N–H and O–H groups in total. The first-order valence-electron chi connectivity index (χ1n) is 10.6. The summed E-state index contributed by atoms with van der Waals surface area (Å²) >= 11 is 0. The van der Waals surface area contributed by atoms with Crippen LogP contribution in [-0.4, -0.2) is 98.3 Å². The molecule has 2 aliphatic rings. The number of aliphatic hydroxyl groups is 6. The smallest absolute Gasteiger partial charge is 0.331 e. The van der Waals surface area contributed by atoms with Crippen molar-refractivity contribution in [2.24, 2.45) is 0 Å². The van der Waals surface area contributed by atoms with Crippen LogP contribution in [0.3, 0.4) is 0 Å². The summed E-state index contributed by atoms with van der Waals surface area (Å²) in [7, 11) is 0. The van der Waals surface area contributed by atoms with Crippen LogP contribution in [-0.2, 0) is 19.0 Å². The molecular formula is C23H27NO10. The second-order valence-corrected chi connectivity index (χ2v) is 7.99. The number of nitrogens with zero attached hydrogens (tertiary/aromatic N) is 1. The van der Waals surface area contributed by atoms with Crippen LogP contribution in [0, 0.1) is 11.3 Å². The molecule has 184 valence electrons. The largest absolute Gasteiger partial charge is 0.452 e. The van der Waals surface area contributed by atoms with Crippen molar-refractivity contribution in [2.45, 2.75) is 61.5 Å². The van der Waals surface area contributed by atoms with Gasteiger partial charge in [0.2, 0.25) is 0 Å². The third kappa shape index (κ3) is 5.87. The van der Waals surface area contributed by atoms with Gasteiger partial charge >= 0.3 is 5.97 Å². The highest BCUT2D eigenvalue weighted by molar-refractivity contribution is 5.87. The molecule has 0 amide bonds. The highest BCUT2D eigenvalue weighted by atomic mass is 16.7. The molecule has 0 spiro atoms. The lowest BCUT2D eigenvalue weighted by atomic mass is 9.84. The van der Waals surface area contributed by atoms with E-state index in [1.165, 1.54) is 6.08 Å². The molecule has 0 radical (unpaired) electrons. The second-order valence-electron chi connectivity index (χ2n) is 7.99. The first-order valence-corrected chi connectivity index (χ1v) is 10.6. The lowest BCUT2D eigenvalue weighted by molar-refractivity contribution is -0.312. The molecule has 1 aromatic rings. The molecule has 34 heavy (non-hydrogen) atoms. The van der Waals surface area contributed by atoms with E-state index < -0.39 is 67.7 Å². The Labute approximate surface area is 195 Å². The summed E-state index contributed by atoms with van der Waals surface area (Å²) in [5.74, 6) is -0.850. The van der Waals surface area contributed by atoms with Crippen LogP contribution in [0.5, 0.6) is 0 Å². The topological polar surface area (TPSA) is 190 Å². The SMILES string of the molecule is N#C/C=C1/[C@@H](O[C@@H]2O[C@H](CO)[C@@H](O)[C@H](O)[C@H]2O)C[C@H](O)[C@H](O)[C@H]1OC(=O)/C=C/c1ccccc1. The van der Waals surface area contributed by atoms with Gasteiger partial charge in [0.1, 0.15) is 30.5 Å². The molecule has 1 aliphatic carbocycles. The van der Waals surface area contributed by atoms with Crippen molar-refractivity contribution >= 4 is 12.0 Å². The molecule has 2 fully saturated rings. The van der Waals surface area contributed by atoms with Crippen LogP contribution < -0.4 is 0 Å². The number of hydrogen-bond donors (Lipinski definition) is 6. The van der Waals surface area contributed by atoms with E-state index in [1.807, 2.05) is 6.07 Å². The fourth-order valence-corrected chi connectivity index (χ4v) is 3.83. The zero-order chi connectivity index (χ0) is 24.8. The van der Waals surface area contributed by atoms with Gasteiger partial charge in [-0.15, -0.1) is 0 Å². The van der Waals surface area contributed by atoms with Crippen molar-refractivity contribution in [1.82, 2.24) is 0 Å². The van der Waals surface area contributed by atoms with E-state index in [-0.39, 0.29) is 12.0 Å². The lowest BCUT2D eigenvalue weighted by Gasteiger charge is -2.43. The van der Waals surface area contributed by atoms with Crippen molar-refractivity contribution in [1.29, 1.82) is 5.26 Å². The first kappa shape index (κ1) is 26.0. The Morgan fingerprint density at radius 1 is 1.09 bits per heavy atom. The normalized spacial score (nSPS) is 37.4. The van der Waals surface area contributed by atoms with Crippen molar-refractivity contribution in [3.05, 3.63) is 53.6 Å². The molecule has 1 saturated carbocycles. The Morgan fingerprint density at radius 3 is 2.44 bits per heavy atom. The Kier molecular flexibility index (Phi) is 8.90. The monoisotopic (exact) mass is 477 g/mol. The summed E-state index contributed by atoms with van der Waals surface area (Å²) in [6.45, 7) is -0.675. The van der Waals surface area contributed by atoms with Crippen molar-refractivity contribution < 1.29 is 49.6 Å². The first-order chi connectivity index (χ1) is 16.3. The fourth-order valence-electron chi connectivity index (χ4n) is 3.83. The van der Waals surface area contributed by atoms with Gasteiger partial charge in [-0.3, -0.25) is 0 Å². The van der Waals surface area contributed by atoms with E-state index >= 15 is 0 Å². The number of nitriles is 1. The van der Waals surface area contributed by atoms with E-state index in [4.69, 9.17) is 14.2 Å². The summed E-state index contributed by atoms with van der Waals surface area (Å²) in [5.41, 5.74) is 0.721. The molecule has 11 nitrogen and oxygen atoms in total. The van der Waals surface area contributed by atoms with Crippen LogP contribution in [0.15, 0.2) is 48.1 Å². The van der Waals surface area contributed by atoms with Gasteiger partial charge in [-0.1, -0.05) is 30.3 Å². The summed E-state index contributed by atoms with van der Waals surface area (Å²) in [4.78, 5) is 12.4. The van der Waals surface area contributed by atoms with Gasteiger partial charge in [0, 0.05) is 24.1 Å². The molecule has 1 heterocycles. The zero-order valence-electron chi connectivity index (χ0n) is 18.0. The predicted molar refractivity (Wildman–Crippen MR) is 114 cm³/mol. The van der Waals surface area contributed by atoms with Gasteiger partial charge in [-0.25, -0.2) is 4.79 Å². The number of rotatable bonds is 6. The maximum atomic E-state index is 12.4. The molecule has 1 saturated heterocycles. The molecule has 1 aliphatic heterocycles. The molecular weight excluding hydrogens is 450 g/mol. The van der Waals surface area contributed by atoms with Crippen LogP contribution in [0.4, 0.5) is 0 Å². The average Bonchev–Trinajstić information content (AvgIpc) is 2.84. The lowest BCUT2D eigenvalue weighted by Crippen LogP contribution is -2.60. The zero-order valence-corrected chi connectivity index (χ0v) is 18.0. The van der Waals surface area contributed by atoms with E-state index in [1.54, 1.807) is 30.3 Å². The summed E-state index contributed by atoms with van der Waals surface area (Å²) in [6.07, 6.45) is -10.1. The van der Waals surface area contributed by atoms with Crippen molar-refractivity contribution in [2.75, 3.05) is 6.61 Å². The maximum Gasteiger partial charge on any atom is 0.331 e. The van der Waals surface area contributed by atoms with E-state index in [2.05, 4.69) is 0 Å². The summed E-state index contributed by atoms with van der Waals surface area (Å²) in [6, 6.07) is 10.7. The van der Waals surface area contributed by atoms with E-state index in [0.29, 0.717) is 0 Å². The standard InChI is InChI=1S/C23H27NO10/c24-9-8-13-15(32-23-21(31)20(30)19(29)16(11-25)33-23)10-14(26)18(28)22(13)34-17(27)7-6-12-4-2-1-3-5-12/h1-8,14-16,18-23,25-26,28-31H,10-11H2/b7-6+,13-8-/t14-,15-,16+,18-,19+,20-,21+,22-,23+/m0/s1. The minimum absolute atomic E-state index is 0.00118. The van der Waals surface area contributed by atoms with Gasteiger partial charge in [-0.05, 0) is 11.6 Å². The third-order valence-corrected chi connectivity index (χ3v) is 5.69. The van der Waals surface area contributed by atoms with Crippen LogP contribution in [0.2, 0.25) is 0 Å². The predicted octanol–water partition coefficient (Wildman–Crippen LogP) is -1.63. The van der Waals surface area contributed by atoms with E-state index in [9.17, 15) is 40.7 Å². The number of hydrogen-bond acceptors (Lipinski definition) is 11. The fraction of sp³-hybridized carbons (Fsp3) is 0.478. The number of carbonyl (C=O) groups excluding carboxylic acids is 1. The molecule has 3 rings (SSSR count). The second kappa shape index (κ2) is 11.7. The molecule has 0 unspecified atom stereocenters. The molecule has 11 heteroatoms. The molecule has 1 aromatic carbocycles. The summed E-state index contributed by atoms with van der Waals surface area (Å²) in [5, 5.41) is 69.5. The van der Waals surface area contributed by atoms with Crippen molar-refractivity contribution in [3.63, 3.8) is 0 Å². The number of aliphatic hydroxyl groups excluding tert-OH is 6. The molecule has 0 bridgehead atoms. The van der Waals surface area contributed by atoms with Gasteiger partial charge in [0.05, 0.1) is 24.9 Å². The van der Waals surface area contributed by atoms with Gasteiger partial charge in [0.15, 0.2) is 12.4 Å². The van der Waals surface area contributed by atoms with Gasteiger partial charge in [-0.2, -0.15) is 5.26 Å². The Hall–Kier alpha value is -2.66. The number of esters is 1. The summed E-state index contributed by atoms with van der Waals surface area (Å²) < 4.78 is 16.3. The minimum Gasteiger partial charge on any atom is -0.452 e. The Balaban J connectivity index is 1.78. The van der Waals surface area contributed by atoms with Gasteiger partial charge in [0.25, 0.3) is 0 Å². The minimum atomic E-state index is -1.72. The van der Waals surface area contributed by atoms with E-state index in [0.717, 1.165) is 17.7 Å². The molecule has 0 aromatic heterocycles. The number of allylic oxidation sites excluding steroid dienone is 1. The van der Waals surface area contributed by atoms with Crippen LogP contribution >= 0.6 is 0 Å². The Bertz CT molecular complexity index is 927. The van der Waals surface area contributed by atoms with Crippen LogP contribution in [0.1, 0.15) is 12.0 Å². The molecule has 9 atom stereocenters.